The fourth-order valence-electron chi connectivity index (χ4n) is 3.23. The first-order chi connectivity index (χ1) is 12.8. The largest absolute Gasteiger partial charge is 0.496 e. The van der Waals surface area contributed by atoms with Crippen LogP contribution in [0.3, 0.4) is 0 Å². The van der Waals surface area contributed by atoms with Gasteiger partial charge in [-0.1, -0.05) is 35.4 Å². The highest BCUT2D eigenvalue weighted by Crippen LogP contribution is 2.40. The van der Waals surface area contributed by atoms with E-state index in [1.807, 2.05) is 45.0 Å². The van der Waals surface area contributed by atoms with Gasteiger partial charge in [-0.15, -0.1) is 0 Å². The van der Waals surface area contributed by atoms with Crippen LogP contribution < -0.4 is 15.2 Å². The zero-order valence-corrected chi connectivity index (χ0v) is 16.9. The Hall–Kier alpha value is -2.53. The summed E-state index contributed by atoms with van der Waals surface area (Å²) in [6, 6.07) is 11.3. The van der Waals surface area contributed by atoms with Crippen molar-refractivity contribution < 1.29 is 19.0 Å². The number of methoxy groups -OCH3 is 2. The predicted octanol–water partition coefficient (Wildman–Crippen LogP) is 3.73. The van der Waals surface area contributed by atoms with E-state index >= 15 is 0 Å². The average molecular weight is 371 g/mol. The Morgan fingerprint density at radius 2 is 1.33 bits per heavy atom. The molecule has 0 aliphatic rings. The lowest BCUT2D eigenvalue weighted by Crippen LogP contribution is -2.34. The van der Waals surface area contributed by atoms with Crippen LogP contribution in [0.25, 0.3) is 0 Å². The first-order valence-corrected chi connectivity index (χ1v) is 9.03. The monoisotopic (exact) mass is 371 g/mol. The summed E-state index contributed by atoms with van der Waals surface area (Å²) in [5, 5.41) is 0. The van der Waals surface area contributed by atoms with Crippen LogP contribution in [-0.2, 0) is 9.53 Å². The van der Waals surface area contributed by atoms with Crippen molar-refractivity contribution in [3.05, 3.63) is 58.7 Å². The number of hydrogen-bond acceptors (Lipinski definition) is 5. The highest BCUT2D eigenvalue weighted by Gasteiger charge is 2.30. The summed E-state index contributed by atoms with van der Waals surface area (Å²) in [5.74, 6) is 0.763. The molecule has 2 atom stereocenters. The van der Waals surface area contributed by atoms with Gasteiger partial charge in [0.2, 0.25) is 0 Å². The topological polar surface area (TPSA) is 70.8 Å². The number of rotatable bonds is 7. The van der Waals surface area contributed by atoms with Crippen LogP contribution in [0.2, 0.25) is 0 Å². The van der Waals surface area contributed by atoms with Crippen molar-refractivity contribution >= 4 is 5.97 Å². The van der Waals surface area contributed by atoms with Gasteiger partial charge in [0.05, 0.1) is 20.1 Å². The number of aryl methyl sites for hydroxylation is 2. The maximum atomic E-state index is 12.2. The fourth-order valence-corrected chi connectivity index (χ4v) is 3.23. The SMILES string of the molecule is COc1ccc(C)cc1C(c1cc(C)ccc1OC)[C@H](C)OC(=O)[C@H](C)N. The van der Waals surface area contributed by atoms with Crippen molar-refractivity contribution in [3.8, 4) is 11.5 Å². The van der Waals surface area contributed by atoms with Gasteiger partial charge in [-0.3, -0.25) is 4.79 Å². The van der Waals surface area contributed by atoms with Crippen molar-refractivity contribution in [2.45, 2.75) is 45.8 Å². The van der Waals surface area contributed by atoms with Gasteiger partial charge >= 0.3 is 5.97 Å². The first-order valence-electron chi connectivity index (χ1n) is 9.03. The van der Waals surface area contributed by atoms with Crippen LogP contribution in [0.15, 0.2) is 36.4 Å². The highest BCUT2D eigenvalue weighted by atomic mass is 16.5. The van der Waals surface area contributed by atoms with Crippen molar-refractivity contribution in [3.63, 3.8) is 0 Å². The summed E-state index contributed by atoms with van der Waals surface area (Å²) in [4.78, 5) is 12.2. The third-order valence-corrected chi connectivity index (χ3v) is 4.58. The van der Waals surface area contributed by atoms with Gasteiger partial charge in [0.15, 0.2) is 0 Å². The highest BCUT2D eigenvalue weighted by molar-refractivity contribution is 5.75. The van der Waals surface area contributed by atoms with Crippen molar-refractivity contribution in [1.82, 2.24) is 0 Å². The van der Waals surface area contributed by atoms with Crippen LogP contribution in [0.5, 0.6) is 11.5 Å². The molecule has 0 unspecified atom stereocenters. The van der Waals surface area contributed by atoms with Gasteiger partial charge in [0.25, 0.3) is 0 Å². The average Bonchev–Trinajstić information content (AvgIpc) is 2.62. The molecule has 5 heteroatoms. The third-order valence-electron chi connectivity index (χ3n) is 4.58. The number of esters is 1. The molecule has 0 radical (unpaired) electrons. The molecule has 0 spiro atoms. The van der Waals surface area contributed by atoms with E-state index in [2.05, 4.69) is 12.1 Å². The lowest BCUT2D eigenvalue weighted by Gasteiger charge is -2.28. The predicted molar refractivity (Wildman–Crippen MR) is 107 cm³/mol. The van der Waals surface area contributed by atoms with Crippen LogP contribution >= 0.6 is 0 Å². The van der Waals surface area contributed by atoms with Crippen LogP contribution in [0.1, 0.15) is 42.0 Å². The zero-order valence-electron chi connectivity index (χ0n) is 16.9. The van der Waals surface area contributed by atoms with Crippen LogP contribution in [-0.4, -0.2) is 32.3 Å². The molecule has 2 rings (SSSR count). The molecule has 0 aromatic heterocycles. The second-order valence-corrected chi connectivity index (χ2v) is 6.90. The number of carbonyl (C=O) groups excluding carboxylic acids is 1. The van der Waals surface area contributed by atoms with Crippen molar-refractivity contribution in [2.75, 3.05) is 14.2 Å². The molecule has 0 aliphatic heterocycles. The number of hydrogen-bond donors (Lipinski definition) is 1. The maximum absolute atomic E-state index is 12.2. The van der Waals surface area contributed by atoms with Gasteiger partial charge in [-0.25, -0.2) is 0 Å². The molecule has 0 amide bonds. The summed E-state index contributed by atoms with van der Waals surface area (Å²) in [6.07, 6.45) is -0.463. The number of benzene rings is 2. The molecule has 0 heterocycles. The maximum Gasteiger partial charge on any atom is 0.322 e. The Balaban J connectivity index is 2.65. The van der Waals surface area contributed by atoms with E-state index in [4.69, 9.17) is 19.9 Å². The lowest BCUT2D eigenvalue weighted by molar-refractivity contribution is -0.150. The molecule has 2 aromatic carbocycles. The minimum absolute atomic E-state index is 0.266. The Morgan fingerprint density at radius 1 is 0.889 bits per heavy atom. The van der Waals surface area contributed by atoms with Gasteiger partial charge in [-0.2, -0.15) is 0 Å². The normalized spacial score (nSPS) is 13.2. The molecule has 146 valence electrons. The molecule has 27 heavy (non-hydrogen) atoms. The summed E-state index contributed by atoms with van der Waals surface area (Å²) in [5.41, 5.74) is 9.75. The van der Waals surface area contributed by atoms with E-state index in [0.29, 0.717) is 0 Å². The minimum atomic E-state index is -0.688. The second-order valence-electron chi connectivity index (χ2n) is 6.90. The van der Waals surface area contributed by atoms with Gasteiger partial charge in [0, 0.05) is 11.1 Å². The van der Waals surface area contributed by atoms with Gasteiger partial charge < -0.3 is 19.9 Å². The van der Waals surface area contributed by atoms with Gasteiger partial charge in [-0.05, 0) is 39.8 Å². The van der Waals surface area contributed by atoms with Crippen LogP contribution in [0.4, 0.5) is 0 Å². The fraction of sp³-hybridized carbons (Fsp3) is 0.409. The molecule has 0 saturated heterocycles. The molecular weight excluding hydrogens is 342 g/mol. The first kappa shape index (κ1) is 20.8. The number of carbonyl (C=O) groups is 1. The Bertz CT molecular complexity index is 747. The van der Waals surface area contributed by atoms with Crippen LogP contribution in [0, 0.1) is 13.8 Å². The number of nitrogens with two attached hydrogens (primary N) is 1. The second kappa shape index (κ2) is 8.91. The zero-order chi connectivity index (χ0) is 20.1. The molecule has 2 N–H and O–H groups in total. The summed E-state index contributed by atoms with van der Waals surface area (Å²) >= 11 is 0. The molecule has 0 fully saturated rings. The molecule has 0 aliphatic carbocycles. The molecule has 0 saturated carbocycles. The summed E-state index contributed by atoms with van der Waals surface area (Å²) < 4.78 is 16.9. The van der Waals surface area contributed by atoms with E-state index < -0.39 is 18.1 Å². The van der Waals surface area contributed by atoms with Crippen molar-refractivity contribution in [1.29, 1.82) is 0 Å². The van der Waals surface area contributed by atoms with E-state index in [1.165, 1.54) is 0 Å². The number of ether oxygens (including phenoxy) is 3. The smallest absolute Gasteiger partial charge is 0.322 e. The minimum Gasteiger partial charge on any atom is -0.496 e. The van der Waals surface area contributed by atoms with E-state index in [1.54, 1.807) is 21.1 Å². The van der Waals surface area contributed by atoms with E-state index in [-0.39, 0.29) is 5.92 Å². The van der Waals surface area contributed by atoms with Crippen molar-refractivity contribution in [2.24, 2.45) is 5.73 Å². The molecular formula is C22H29NO4. The molecule has 0 bridgehead atoms. The summed E-state index contributed by atoms with van der Waals surface area (Å²) in [7, 11) is 3.27. The third kappa shape index (κ3) is 4.80. The Labute approximate surface area is 161 Å². The summed E-state index contributed by atoms with van der Waals surface area (Å²) in [6.45, 7) is 7.53. The standard InChI is InChI=1S/C22H29NO4/c1-13-7-9-19(25-5)17(11-13)21(16(4)27-22(24)15(3)23)18-12-14(2)8-10-20(18)26-6/h7-12,15-16,21H,23H2,1-6H3/t15-,16-/m0/s1. The quantitative estimate of drug-likeness (QED) is 0.751. The Kier molecular flexibility index (Phi) is 6.86. The molecule has 2 aromatic rings. The van der Waals surface area contributed by atoms with E-state index in [0.717, 1.165) is 33.8 Å². The van der Waals surface area contributed by atoms with E-state index in [9.17, 15) is 4.79 Å². The lowest BCUT2D eigenvalue weighted by atomic mass is 9.84. The Morgan fingerprint density at radius 3 is 1.70 bits per heavy atom. The van der Waals surface area contributed by atoms with Gasteiger partial charge in [0.1, 0.15) is 23.6 Å². The molecule has 5 nitrogen and oxygen atoms in total.